The van der Waals surface area contributed by atoms with E-state index in [1.807, 2.05) is 0 Å². The van der Waals surface area contributed by atoms with Gasteiger partial charge >= 0.3 is 0 Å². The molecule has 0 radical (unpaired) electrons. The summed E-state index contributed by atoms with van der Waals surface area (Å²) in [5.41, 5.74) is -0.216. The minimum absolute atomic E-state index is 0.0289. The largest absolute Gasteiger partial charge is 0.299 e. The summed E-state index contributed by atoms with van der Waals surface area (Å²) in [6.07, 6.45) is 3.39. The molecule has 2 aliphatic rings. The van der Waals surface area contributed by atoms with E-state index in [4.69, 9.17) is 5.26 Å². The van der Waals surface area contributed by atoms with Crippen LogP contribution >= 0.6 is 0 Å². The van der Waals surface area contributed by atoms with Gasteiger partial charge in [-0.25, -0.2) is 0 Å². The zero-order chi connectivity index (χ0) is 9.69. The Bertz CT molecular complexity index is 304. The molecule has 2 aliphatic carbocycles. The van der Waals surface area contributed by atoms with Crippen molar-refractivity contribution < 1.29 is 4.79 Å². The van der Waals surface area contributed by atoms with Crippen LogP contribution in [-0.2, 0) is 4.79 Å². The van der Waals surface area contributed by atoms with E-state index in [-0.39, 0.29) is 10.8 Å². The normalized spacial score (nSPS) is 48.1. The van der Waals surface area contributed by atoms with Crippen molar-refractivity contribution >= 4 is 5.78 Å². The first kappa shape index (κ1) is 8.74. The SMILES string of the molecule is C[C@]1(CC#N)[C@H]2CC[C@]1(C)C(=O)C2. The van der Waals surface area contributed by atoms with Gasteiger partial charge in [-0.2, -0.15) is 5.26 Å². The Balaban J connectivity index is 2.42. The maximum Gasteiger partial charge on any atom is 0.139 e. The van der Waals surface area contributed by atoms with Crippen molar-refractivity contribution in [2.75, 3.05) is 0 Å². The van der Waals surface area contributed by atoms with Gasteiger partial charge in [0.05, 0.1) is 6.07 Å². The molecule has 0 unspecified atom stereocenters. The van der Waals surface area contributed by atoms with E-state index in [9.17, 15) is 4.79 Å². The van der Waals surface area contributed by atoms with E-state index in [0.717, 1.165) is 12.8 Å². The van der Waals surface area contributed by atoms with Crippen LogP contribution in [-0.4, -0.2) is 5.78 Å². The van der Waals surface area contributed by atoms with Gasteiger partial charge in [0.15, 0.2) is 0 Å². The van der Waals surface area contributed by atoms with E-state index in [0.29, 0.717) is 24.5 Å². The first-order valence-electron chi connectivity index (χ1n) is 4.95. The molecule has 70 valence electrons. The van der Waals surface area contributed by atoms with Crippen LogP contribution in [0.2, 0.25) is 0 Å². The van der Waals surface area contributed by atoms with Crippen LogP contribution in [0.3, 0.4) is 0 Å². The molecule has 0 amide bonds. The second-order valence-electron chi connectivity index (χ2n) is 4.95. The smallest absolute Gasteiger partial charge is 0.139 e. The third kappa shape index (κ3) is 0.802. The Morgan fingerprint density at radius 3 is 2.69 bits per heavy atom. The molecule has 2 heteroatoms. The number of carbonyl (C=O) groups excluding carboxylic acids is 1. The summed E-state index contributed by atoms with van der Waals surface area (Å²) in [4.78, 5) is 11.7. The Labute approximate surface area is 78.9 Å². The first-order valence-corrected chi connectivity index (χ1v) is 4.95. The first-order chi connectivity index (χ1) is 6.04. The minimum Gasteiger partial charge on any atom is -0.299 e. The Kier molecular flexibility index (Phi) is 1.58. The highest BCUT2D eigenvalue weighted by molar-refractivity contribution is 5.89. The van der Waals surface area contributed by atoms with Crippen molar-refractivity contribution in [2.24, 2.45) is 16.7 Å². The van der Waals surface area contributed by atoms with E-state index < -0.39 is 0 Å². The average molecular weight is 177 g/mol. The lowest BCUT2D eigenvalue weighted by molar-refractivity contribution is -0.128. The zero-order valence-corrected chi connectivity index (χ0v) is 8.26. The average Bonchev–Trinajstić information content (AvgIpc) is 2.39. The highest BCUT2D eigenvalue weighted by Crippen LogP contribution is 2.65. The van der Waals surface area contributed by atoms with Crippen LogP contribution < -0.4 is 0 Å². The number of fused-ring (bicyclic) bond motifs is 2. The van der Waals surface area contributed by atoms with E-state index in [1.54, 1.807) is 0 Å². The molecule has 3 atom stereocenters. The van der Waals surface area contributed by atoms with Gasteiger partial charge in [-0.15, -0.1) is 0 Å². The van der Waals surface area contributed by atoms with Crippen molar-refractivity contribution in [1.29, 1.82) is 5.26 Å². The predicted octanol–water partition coefficient (Wildman–Crippen LogP) is 2.30. The Morgan fingerprint density at radius 1 is 1.62 bits per heavy atom. The van der Waals surface area contributed by atoms with Gasteiger partial charge in [0.25, 0.3) is 0 Å². The quantitative estimate of drug-likeness (QED) is 0.616. The van der Waals surface area contributed by atoms with Crippen molar-refractivity contribution in [2.45, 2.75) is 39.5 Å². The van der Waals surface area contributed by atoms with Gasteiger partial charge in [0.2, 0.25) is 0 Å². The fourth-order valence-corrected chi connectivity index (χ4v) is 3.26. The molecule has 0 aromatic heterocycles. The fraction of sp³-hybridized carbons (Fsp3) is 0.818. The molecule has 2 saturated carbocycles. The summed E-state index contributed by atoms with van der Waals surface area (Å²) < 4.78 is 0. The van der Waals surface area contributed by atoms with Crippen LogP contribution in [0.1, 0.15) is 39.5 Å². The zero-order valence-electron chi connectivity index (χ0n) is 8.26. The van der Waals surface area contributed by atoms with Crippen molar-refractivity contribution in [3.63, 3.8) is 0 Å². The molecule has 2 bridgehead atoms. The van der Waals surface area contributed by atoms with Crippen molar-refractivity contribution in [1.82, 2.24) is 0 Å². The molecule has 0 aliphatic heterocycles. The summed E-state index contributed by atoms with van der Waals surface area (Å²) in [5, 5.41) is 8.79. The van der Waals surface area contributed by atoms with E-state index in [1.165, 1.54) is 0 Å². The maximum atomic E-state index is 11.7. The number of Topliss-reactive ketones (excluding diaryl/α,β-unsaturated/α-hetero) is 1. The van der Waals surface area contributed by atoms with Crippen LogP contribution in [0, 0.1) is 28.1 Å². The molecule has 0 aromatic rings. The van der Waals surface area contributed by atoms with Gasteiger partial charge < -0.3 is 0 Å². The van der Waals surface area contributed by atoms with Gasteiger partial charge in [-0.3, -0.25) is 4.79 Å². The standard InChI is InChI=1S/C11H15NO/c1-10(5-6-12)8-3-4-11(10,2)9(13)7-8/h8H,3-5,7H2,1-2H3/t8-,10-,11+/m0/s1. The number of carbonyl (C=O) groups is 1. The lowest BCUT2D eigenvalue weighted by atomic mass is 9.67. The molecule has 2 nitrogen and oxygen atoms in total. The second kappa shape index (κ2) is 2.35. The molecule has 2 rings (SSSR count). The number of nitriles is 1. The predicted molar refractivity (Wildman–Crippen MR) is 48.8 cm³/mol. The number of hydrogen-bond acceptors (Lipinski definition) is 2. The molecule has 0 N–H and O–H groups in total. The van der Waals surface area contributed by atoms with Crippen molar-refractivity contribution in [3.8, 4) is 6.07 Å². The van der Waals surface area contributed by atoms with Gasteiger partial charge in [-0.05, 0) is 24.2 Å². The molecule has 0 spiro atoms. The number of ketones is 1. The lowest BCUT2D eigenvalue weighted by Crippen LogP contribution is -2.34. The van der Waals surface area contributed by atoms with E-state index in [2.05, 4.69) is 19.9 Å². The monoisotopic (exact) mass is 177 g/mol. The Morgan fingerprint density at radius 2 is 2.31 bits per heavy atom. The summed E-state index contributed by atoms with van der Waals surface area (Å²) in [6.45, 7) is 4.18. The molecule has 0 saturated heterocycles. The molecule has 2 fully saturated rings. The number of nitrogens with zero attached hydrogens (tertiary/aromatic N) is 1. The minimum atomic E-state index is -0.187. The van der Waals surface area contributed by atoms with Gasteiger partial charge in [0, 0.05) is 18.3 Å². The number of hydrogen-bond donors (Lipinski definition) is 0. The van der Waals surface area contributed by atoms with Gasteiger partial charge in [-0.1, -0.05) is 13.8 Å². The highest BCUT2D eigenvalue weighted by Gasteiger charge is 2.63. The van der Waals surface area contributed by atoms with Crippen LogP contribution in [0.4, 0.5) is 0 Å². The van der Waals surface area contributed by atoms with Crippen LogP contribution in [0.25, 0.3) is 0 Å². The van der Waals surface area contributed by atoms with E-state index >= 15 is 0 Å². The third-order valence-electron chi connectivity index (χ3n) is 4.65. The molecule has 0 aromatic carbocycles. The molecular weight excluding hydrogens is 162 g/mol. The lowest BCUT2D eigenvalue weighted by Gasteiger charge is -2.34. The van der Waals surface area contributed by atoms with Gasteiger partial charge in [0.1, 0.15) is 5.78 Å². The molecular formula is C11H15NO. The van der Waals surface area contributed by atoms with Crippen LogP contribution in [0.5, 0.6) is 0 Å². The topological polar surface area (TPSA) is 40.9 Å². The fourth-order valence-electron chi connectivity index (χ4n) is 3.26. The van der Waals surface area contributed by atoms with Crippen molar-refractivity contribution in [3.05, 3.63) is 0 Å². The second-order valence-corrected chi connectivity index (χ2v) is 4.95. The summed E-state index contributed by atoms with van der Waals surface area (Å²) >= 11 is 0. The maximum absolute atomic E-state index is 11.7. The summed E-state index contributed by atoms with van der Waals surface area (Å²) in [7, 11) is 0. The molecule has 0 heterocycles. The number of rotatable bonds is 1. The third-order valence-corrected chi connectivity index (χ3v) is 4.65. The summed E-state index contributed by atoms with van der Waals surface area (Å²) in [5.74, 6) is 0.867. The van der Waals surface area contributed by atoms with Crippen LogP contribution in [0.15, 0.2) is 0 Å². The highest BCUT2D eigenvalue weighted by atomic mass is 16.1. The Hall–Kier alpha value is -0.840. The molecule has 13 heavy (non-hydrogen) atoms. The summed E-state index contributed by atoms with van der Waals surface area (Å²) in [6, 6.07) is 2.24.